The lowest BCUT2D eigenvalue weighted by Gasteiger charge is -2.55. The second-order valence-electron chi connectivity index (χ2n) is 40.3. The molecule has 0 aliphatic carbocycles. The fraction of sp³-hybridized carbons (Fsp3) is 0.893. The zero-order valence-electron chi connectivity index (χ0n) is 73.6. The van der Waals surface area contributed by atoms with Gasteiger partial charge in [0, 0.05) is 145 Å². The SMILES string of the molecule is CCCCN(c1nc(C)nc(N(CCCNc2nc(N(CCCC)C3CC(C)(C)NC(C)(C)C3)nc(N(CCCC)C3CC(C)(C)NC(C)(C)C3)n2)CN(C)CCCNc2nc(N(CCCC)C3CC(C)(C)NC(C)(C)C3)nc(N(CCCC)C3CC(C)(C)N(C)C(C)(C)C3)n2)n1)C1CC(C)(C)NC(C)(C)C1. The molecule has 8 heterocycles. The van der Waals surface area contributed by atoms with Crippen molar-refractivity contribution in [3.05, 3.63) is 5.82 Å². The number of hydrogen-bond donors (Lipinski definition) is 6. The number of nitrogens with one attached hydrogen (secondary N) is 6. The summed E-state index contributed by atoms with van der Waals surface area (Å²) in [5.41, 5.74) is -0.438. The van der Waals surface area contributed by atoms with E-state index in [0.717, 1.165) is 216 Å². The molecule has 0 unspecified atom stereocenters. The number of aromatic nitrogens is 9. The van der Waals surface area contributed by atoms with Crippen molar-refractivity contribution in [3.8, 4) is 0 Å². The molecule has 5 aliphatic rings. The largest absolute Gasteiger partial charge is 0.354 e. The van der Waals surface area contributed by atoms with Gasteiger partial charge < -0.3 is 61.3 Å². The first-order chi connectivity index (χ1) is 49.8. The van der Waals surface area contributed by atoms with Crippen molar-refractivity contribution in [1.29, 1.82) is 0 Å². The Labute approximate surface area is 652 Å². The molecule has 3 aromatic heterocycles. The van der Waals surface area contributed by atoms with E-state index in [4.69, 9.17) is 44.9 Å². The van der Waals surface area contributed by atoms with Crippen LogP contribution in [0.15, 0.2) is 0 Å². The lowest BCUT2D eigenvalue weighted by Crippen LogP contribution is -2.63. The highest BCUT2D eigenvalue weighted by atomic mass is 15.4. The lowest BCUT2D eigenvalue weighted by molar-refractivity contribution is -0.0129. The molecule has 0 radical (unpaired) electrons. The zero-order chi connectivity index (χ0) is 78.9. The molecular formula is C84H159N23. The van der Waals surface area contributed by atoms with Gasteiger partial charge in [-0.2, -0.15) is 44.9 Å². The van der Waals surface area contributed by atoms with Gasteiger partial charge in [-0.3, -0.25) is 9.80 Å². The molecule has 5 fully saturated rings. The maximum atomic E-state index is 5.64. The minimum absolute atomic E-state index is 0.00502. The Balaban J connectivity index is 1.13. The molecule has 0 aromatic carbocycles. The normalized spacial score (nSPS) is 22.0. The molecule has 0 spiro atoms. The molecule has 5 aliphatic heterocycles. The highest BCUT2D eigenvalue weighted by Crippen LogP contribution is 2.43. The van der Waals surface area contributed by atoms with Crippen LogP contribution in [0.1, 0.15) is 320 Å². The molecule has 8 rings (SSSR count). The number of rotatable bonds is 38. The first kappa shape index (κ1) is 87.8. The first-order valence-corrected chi connectivity index (χ1v) is 42.7. The highest BCUT2D eigenvalue weighted by molar-refractivity contribution is 5.50. The van der Waals surface area contributed by atoms with E-state index in [1.54, 1.807) is 0 Å². The van der Waals surface area contributed by atoms with Crippen LogP contribution < -0.4 is 61.3 Å². The molecule has 5 saturated heterocycles. The molecular weight excluding hydrogens is 1330 g/mol. The van der Waals surface area contributed by atoms with E-state index in [1.165, 1.54) is 0 Å². The Morgan fingerprint density at radius 2 is 0.570 bits per heavy atom. The van der Waals surface area contributed by atoms with Crippen molar-refractivity contribution < 1.29 is 0 Å². The zero-order valence-corrected chi connectivity index (χ0v) is 73.6. The predicted molar refractivity (Wildman–Crippen MR) is 453 cm³/mol. The molecule has 0 amide bonds. The quantitative estimate of drug-likeness (QED) is 0.0232. The van der Waals surface area contributed by atoms with Gasteiger partial charge in [-0.25, -0.2) is 0 Å². The fourth-order valence-electron chi connectivity index (χ4n) is 20.1. The summed E-state index contributed by atoms with van der Waals surface area (Å²) in [6.45, 7) is 68.7. The monoisotopic (exact) mass is 1490 g/mol. The number of likely N-dealkylation sites (tertiary alicyclic amines) is 1. The molecule has 6 N–H and O–H groups in total. The van der Waals surface area contributed by atoms with Crippen molar-refractivity contribution in [3.63, 3.8) is 0 Å². The van der Waals surface area contributed by atoms with Gasteiger partial charge in [-0.15, -0.1) is 0 Å². The van der Waals surface area contributed by atoms with Gasteiger partial charge in [0.2, 0.25) is 47.6 Å². The van der Waals surface area contributed by atoms with E-state index in [9.17, 15) is 0 Å². The summed E-state index contributed by atoms with van der Waals surface area (Å²) in [6.07, 6.45) is 22.4. The third-order valence-electron chi connectivity index (χ3n) is 23.7. The third kappa shape index (κ3) is 25.1. The Morgan fingerprint density at radius 3 is 0.850 bits per heavy atom. The maximum absolute atomic E-state index is 5.64. The number of unbranched alkanes of at least 4 members (excludes halogenated alkanes) is 5. The van der Waals surface area contributed by atoms with Crippen LogP contribution in [0.25, 0.3) is 0 Å². The van der Waals surface area contributed by atoms with Crippen LogP contribution in [-0.4, -0.2) is 220 Å². The number of nitrogens with zero attached hydrogens (tertiary/aromatic N) is 17. The van der Waals surface area contributed by atoms with Gasteiger partial charge in [0.15, 0.2) is 0 Å². The van der Waals surface area contributed by atoms with E-state index in [1.807, 2.05) is 6.92 Å². The van der Waals surface area contributed by atoms with Crippen molar-refractivity contribution in [2.45, 2.75) is 407 Å². The highest BCUT2D eigenvalue weighted by Gasteiger charge is 2.48. The predicted octanol–water partition coefficient (Wildman–Crippen LogP) is 15.2. The summed E-state index contributed by atoms with van der Waals surface area (Å²) in [6, 6.07) is 1.29. The third-order valence-corrected chi connectivity index (χ3v) is 23.7. The molecule has 610 valence electrons. The summed E-state index contributed by atoms with van der Waals surface area (Å²) in [4.78, 5) is 69.5. The van der Waals surface area contributed by atoms with Crippen LogP contribution in [0.3, 0.4) is 0 Å². The van der Waals surface area contributed by atoms with Crippen molar-refractivity contribution in [2.75, 3.05) is 120 Å². The van der Waals surface area contributed by atoms with Gasteiger partial charge >= 0.3 is 0 Å². The molecule has 3 aromatic rings. The molecule has 0 saturated carbocycles. The standard InChI is InChI=1S/C84H159N23/c1-29-34-45-103(62-50-75(7,8)96-76(9,10)51-62)70-88-61(6)87-69(93-70)102(44-40-42-86-68-90-71(104(46-35-30-2)63-52-77(11,12)97-78(13,14)53-63)94-72(91-68)105(47-36-31-3)64-54-79(15,16)98-80(17,18)55-64)60-100(27)43-39-41-85-67-89-73(106(48-37-32-4)65-56-81(19,20)99-82(21,22)57-65)95-74(92-67)107(49-38-33-5)66-58-83(23,24)101(28)84(25,26)59-66/h62-66,96-99H,29-60H2,1-28H3,(H,85,89,92,95)(H,86,90,91,94). The smallest absolute Gasteiger partial charge is 0.232 e. The van der Waals surface area contributed by atoms with Gasteiger partial charge in [0.05, 0.1) is 6.67 Å². The average Bonchev–Trinajstić information content (AvgIpc) is 0.762. The summed E-state index contributed by atoms with van der Waals surface area (Å²) in [7, 11) is 4.55. The number of aryl methyl sites for hydroxylation is 1. The van der Waals surface area contributed by atoms with Crippen molar-refractivity contribution in [2.24, 2.45) is 0 Å². The Morgan fingerprint density at radius 1 is 0.327 bits per heavy atom. The molecule has 107 heavy (non-hydrogen) atoms. The minimum Gasteiger partial charge on any atom is -0.354 e. The van der Waals surface area contributed by atoms with Crippen LogP contribution in [0.4, 0.5) is 47.6 Å². The number of hydrogen-bond acceptors (Lipinski definition) is 23. The van der Waals surface area contributed by atoms with Crippen molar-refractivity contribution >= 4 is 47.6 Å². The average molecular weight is 1490 g/mol. The Hall–Kier alpha value is -4.81. The molecule has 23 heteroatoms. The Kier molecular flexibility index (Phi) is 29.5. The number of anilines is 8. The van der Waals surface area contributed by atoms with E-state index in [0.29, 0.717) is 44.1 Å². The first-order valence-electron chi connectivity index (χ1n) is 42.7. The van der Waals surface area contributed by atoms with Crippen LogP contribution in [0, 0.1) is 6.92 Å². The van der Waals surface area contributed by atoms with E-state index >= 15 is 0 Å². The summed E-state index contributed by atoms with van der Waals surface area (Å²) < 4.78 is 0. The van der Waals surface area contributed by atoms with Gasteiger partial charge in [0.1, 0.15) is 5.82 Å². The minimum atomic E-state index is -0.0571. The van der Waals surface area contributed by atoms with E-state index in [2.05, 4.69) is 258 Å². The molecule has 23 nitrogen and oxygen atoms in total. The van der Waals surface area contributed by atoms with E-state index in [-0.39, 0.29) is 85.6 Å². The molecule has 0 bridgehead atoms. The van der Waals surface area contributed by atoms with Crippen molar-refractivity contribution in [1.82, 2.24) is 75.9 Å². The summed E-state index contributed by atoms with van der Waals surface area (Å²) in [5.74, 6) is 6.65. The lowest BCUT2D eigenvalue weighted by atomic mass is 9.77. The Bertz CT molecular complexity index is 3100. The van der Waals surface area contributed by atoms with Gasteiger partial charge in [-0.1, -0.05) is 66.7 Å². The van der Waals surface area contributed by atoms with Gasteiger partial charge in [0.25, 0.3) is 0 Å². The number of piperidine rings is 5. The van der Waals surface area contributed by atoms with Crippen LogP contribution in [0.2, 0.25) is 0 Å². The maximum Gasteiger partial charge on any atom is 0.232 e. The fourth-order valence-corrected chi connectivity index (χ4v) is 20.1. The van der Waals surface area contributed by atoms with Crippen LogP contribution in [-0.2, 0) is 0 Å². The van der Waals surface area contributed by atoms with Crippen LogP contribution in [0.5, 0.6) is 0 Å². The summed E-state index contributed by atoms with van der Waals surface area (Å²) in [5, 5.41) is 23.6. The summed E-state index contributed by atoms with van der Waals surface area (Å²) >= 11 is 0. The molecule has 0 atom stereocenters. The van der Waals surface area contributed by atoms with Gasteiger partial charge in [-0.05, 0) is 269 Å². The van der Waals surface area contributed by atoms with Crippen LogP contribution >= 0.6 is 0 Å². The van der Waals surface area contributed by atoms with E-state index < -0.39 is 0 Å². The second-order valence-corrected chi connectivity index (χ2v) is 40.3. The topological polar surface area (TPSA) is 214 Å². The second kappa shape index (κ2) is 35.9.